The smallest absolute Gasteiger partial charge is 0.164 e. The van der Waals surface area contributed by atoms with Crippen LogP contribution < -0.4 is 4.74 Å². The SMILES string of the molecule is CCCOc1c(C)cc(C(=O)CCN2CCOCC2)cc1Cl. The predicted molar refractivity (Wildman–Crippen MR) is 88.2 cm³/mol. The van der Waals surface area contributed by atoms with Gasteiger partial charge >= 0.3 is 0 Å². The Kier molecular flexibility index (Phi) is 6.68. The Labute approximate surface area is 137 Å². The highest BCUT2D eigenvalue weighted by atomic mass is 35.5. The number of nitrogens with zero attached hydrogens (tertiary/aromatic N) is 1. The summed E-state index contributed by atoms with van der Waals surface area (Å²) in [7, 11) is 0. The van der Waals surface area contributed by atoms with Crippen molar-refractivity contribution < 1.29 is 14.3 Å². The standard InChI is InChI=1S/C17H24ClNO3/c1-3-8-22-17-13(2)11-14(12-15(17)18)16(20)4-5-19-6-9-21-10-7-19/h11-12H,3-10H2,1-2H3. The summed E-state index contributed by atoms with van der Waals surface area (Å²) >= 11 is 6.26. The van der Waals surface area contributed by atoms with Crippen LogP contribution in [0.5, 0.6) is 5.75 Å². The molecule has 1 fully saturated rings. The average molecular weight is 326 g/mol. The van der Waals surface area contributed by atoms with Crippen molar-refractivity contribution in [3.8, 4) is 5.75 Å². The van der Waals surface area contributed by atoms with E-state index in [1.54, 1.807) is 6.07 Å². The summed E-state index contributed by atoms with van der Waals surface area (Å²) in [5.74, 6) is 0.812. The molecule has 0 aliphatic carbocycles. The number of Topliss-reactive ketones (excluding diaryl/α,β-unsaturated/α-hetero) is 1. The first-order chi connectivity index (χ1) is 10.6. The molecule has 0 spiro atoms. The van der Waals surface area contributed by atoms with Crippen LogP contribution in [0.3, 0.4) is 0 Å². The molecule has 0 radical (unpaired) electrons. The Bertz CT molecular complexity index is 490. The molecule has 5 heteroatoms. The molecule has 1 saturated heterocycles. The lowest BCUT2D eigenvalue weighted by atomic mass is 10.0. The van der Waals surface area contributed by atoms with E-state index in [9.17, 15) is 4.79 Å². The number of rotatable bonds is 7. The third-order valence-electron chi connectivity index (χ3n) is 3.76. The van der Waals surface area contributed by atoms with Gasteiger partial charge < -0.3 is 9.47 Å². The average Bonchev–Trinajstić information content (AvgIpc) is 2.52. The van der Waals surface area contributed by atoms with Crippen LogP contribution in [-0.4, -0.2) is 50.1 Å². The molecule has 1 aromatic rings. The molecule has 0 atom stereocenters. The van der Waals surface area contributed by atoms with E-state index < -0.39 is 0 Å². The number of carbonyl (C=O) groups excluding carboxylic acids is 1. The summed E-state index contributed by atoms with van der Waals surface area (Å²) in [6.07, 6.45) is 1.43. The number of morpholine rings is 1. The second kappa shape index (κ2) is 8.51. The molecule has 0 N–H and O–H groups in total. The van der Waals surface area contributed by atoms with Gasteiger partial charge in [-0.25, -0.2) is 0 Å². The van der Waals surface area contributed by atoms with Gasteiger partial charge in [0.05, 0.1) is 24.8 Å². The minimum Gasteiger partial charge on any atom is -0.492 e. The Balaban J connectivity index is 1.97. The van der Waals surface area contributed by atoms with Crippen LogP contribution in [0.25, 0.3) is 0 Å². The lowest BCUT2D eigenvalue weighted by molar-refractivity contribution is 0.0370. The fourth-order valence-electron chi connectivity index (χ4n) is 2.51. The van der Waals surface area contributed by atoms with E-state index in [0.29, 0.717) is 29.4 Å². The van der Waals surface area contributed by atoms with Crippen LogP contribution in [0.1, 0.15) is 35.7 Å². The van der Waals surface area contributed by atoms with Crippen molar-refractivity contribution in [3.63, 3.8) is 0 Å². The van der Waals surface area contributed by atoms with Crippen LogP contribution in [0.2, 0.25) is 5.02 Å². The van der Waals surface area contributed by atoms with Gasteiger partial charge in [-0.3, -0.25) is 9.69 Å². The number of hydrogen-bond donors (Lipinski definition) is 0. The molecule has 0 bridgehead atoms. The third-order valence-corrected chi connectivity index (χ3v) is 4.04. The summed E-state index contributed by atoms with van der Waals surface area (Å²) in [4.78, 5) is 14.6. The van der Waals surface area contributed by atoms with Gasteiger partial charge in [-0.1, -0.05) is 18.5 Å². The van der Waals surface area contributed by atoms with Gasteiger partial charge in [0.1, 0.15) is 5.75 Å². The van der Waals surface area contributed by atoms with E-state index >= 15 is 0 Å². The van der Waals surface area contributed by atoms with Crippen molar-refractivity contribution in [1.29, 1.82) is 0 Å². The van der Waals surface area contributed by atoms with Crippen molar-refractivity contribution >= 4 is 17.4 Å². The number of aryl methyl sites for hydroxylation is 1. The van der Waals surface area contributed by atoms with E-state index in [1.807, 2.05) is 19.9 Å². The first-order valence-electron chi connectivity index (χ1n) is 7.88. The molecule has 122 valence electrons. The summed E-state index contributed by atoms with van der Waals surface area (Å²) < 4.78 is 11.0. The van der Waals surface area contributed by atoms with Gasteiger partial charge in [-0.05, 0) is 31.0 Å². The molecule has 1 aliphatic heterocycles. The highest BCUT2D eigenvalue weighted by molar-refractivity contribution is 6.32. The zero-order chi connectivity index (χ0) is 15.9. The van der Waals surface area contributed by atoms with Gasteiger partial charge in [0, 0.05) is 31.6 Å². The van der Waals surface area contributed by atoms with Crippen molar-refractivity contribution in [2.45, 2.75) is 26.7 Å². The first kappa shape index (κ1) is 17.3. The van der Waals surface area contributed by atoms with Crippen LogP contribution >= 0.6 is 11.6 Å². The van der Waals surface area contributed by atoms with E-state index in [4.69, 9.17) is 21.1 Å². The summed E-state index contributed by atoms with van der Waals surface area (Å²) in [5, 5.41) is 0.517. The maximum atomic E-state index is 12.4. The number of ketones is 1. The van der Waals surface area contributed by atoms with Crippen molar-refractivity contribution in [2.24, 2.45) is 0 Å². The topological polar surface area (TPSA) is 38.8 Å². The number of ether oxygens (including phenoxy) is 2. The first-order valence-corrected chi connectivity index (χ1v) is 8.26. The molecule has 0 unspecified atom stereocenters. The van der Waals surface area contributed by atoms with E-state index in [2.05, 4.69) is 4.90 Å². The Hall–Kier alpha value is -1.10. The molecule has 0 saturated carbocycles. The van der Waals surface area contributed by atoms with Crippen LogP contribution in [0, 0.1) is 6.92 Å². The summed E-state index contributed by atoms with van der Waals surface area (Å²) in [5.41, 5.74) is 1.58. The van der Waals surface area contributed by atoms with Crippen LogP contribution in [-0.2, 0) is 4.74 Å². The summed E-state index contributed by atoms with van der Waals surface area (Å²) in [6.45, 7) is 8.68. The minimum atomic E-state index is 0.124. The van der Waals surface area contributed by atoms with Crippen molar-refractivity contribution in [1.82, 2.24) is 4.90 Å². The third kappa shape index (κ3) is 4.70. The van der Waals surface area contributed by atoms with E-state index in [1.165, 1.54) is 0 Å². The number of halogens is 1. The minimum absolute atomic E-state index is 0.124. The second-order valence-electron chi connectivity index (χ2n) is 5.58. The van der Waals surface area contributed by atoms with Gasteiger partial charge in [0.25, 0.3) is 0 Å². The molecular formula is C17H24ClNO3. The zero-order valence-corrected chi connectivity index (χ0v) is 14.1. The van der Waals surface area contributed by atoms with Gasteiger partial charge in [0.2, 0.25) is 0 Å². The van der Waals surface area contributed by atoms with Crippen LogP contribution in [0.15, 0.2) is 12.1 Å². The van der Waals surface area contributed by atoms with Crippen LogP contribution in [0.4, 0.5) is 0 Å². The lowest BCUT2D eigenvalue weighted by Gasteiger charge is -2.26. The highest BCUT2D eigenvalue weighted by Gasteiger charge is 2.15. The fourth-order valence-corrected chi connectivity index (χ4v) is 2.83. The Morgan fingerprint density at radius 3 is 2.73 bits per heavy atom. The largest absolute Gasteiger partial charge is 0.492 e. The molecule has 2 rings (SSSR count). The normalized spacial score (nSPS) is 15.8. The molecule has 1 heterocycles. The van der Waals surface area contributed by atoms with Crippen molar-refractivity contribution in [3.05, 3.63) is 28.3 Å². The fraction of sp³-hybridized carbons (Fsp3) is 0.588. The Morgan fingerprint density at radius 1 is 1.36 bits per heavy atom. The molecular weight excluding hydrogens is 302 g/mol. The highest BCUT2D eigenvalue weighted by Crippen LogP contribution is 2.30. The number of carbonyl (C=O) groups is 1. The molecule has 0 aromatic heterocycles. The Morgan fingerprint density at radius 2 is 2.09 bits per heavy atom. The molecule has 4 nitrogen and oxygen atoms in total. The predicted octanol–water partition coefficient (Wildman–Crippen LogP) is 3.34. The summed E-state index contributed by atoms with van der Waals surface area (Å²) in [6, 6.07) is 3.60. The van der Waals surface area contributed by atoms with Gasteiger partial charge in [-0.15, -0.1) is 0 Å². The molecule has 0 amide bonds. The number of benzene rings is 1. The maximum Gasteiger partial charge on any atom is 0.164 e. The quantitative estimate of drug-likeness (QED) is 0.721. The molecule has 1 aliphatic rings. The zero-order valence-electron chi connectivity index (χ0n) is 13.4. The lowest BCUT2D eigenvalue weighted by Crippen LogP contribution is -2.37. The second-order valence-corrected chi connectivity index (χ2v) is 5.99. The molecule has 1 aromatic carbocycles. The number of hydrogen-bond acceptors (Lipinski definition) is 4. The maximum absolute atomic E-state index is 12.4. The van der Waals surface area contributed by atoms with Crippen molar-refractivity contribution in [2.75, 3.05) is 39.5 Å². The monoisotopic (exact) mass is 325 g/mol. The van der Waals surface area contributed by atoms with E-state index in [0.717, 1.165) is 44.8 Å². The van der Waals surface area contributed by atoms with E-state index in [-0.39, 0.29) is 5.78 Å². The molecule has 22 heavy (non-hydrogen) atoms. The van der Waals surface area contributed by atoms with Gasteiger partial charge in [0.15, 0.2) is 5.78 Å². The van der Waals surface area contributed by atoms with Gasteiger partial charge in [-0.2, -0.15) is 0 Å².